The first-order valence-corrected chi connectivity index (χ1v) is 7.44. The van der Waals surface area contributed by atoms with Gasteiger partial charge in [0.15, 0.2) is 0 Å². The molecule has 0 aliphatic carbocycles. The minimum atomic E-state index is -1.11. The van der Waals surface area contributed by atoms with Gasteiger partial charge < -0.3 is 9.84 Å². The highest BCUT2D eigenvalue weighted by Crippen LogP contribution is 2.11. The highest BCUT2D eigenvalue weighted by molar-refractivity contribution is 7.84. The Morgan fingerprint density at radius 1 is 1.44 bits per heavy atom. The number of benzene rings is 1. The Morgan fingerprint density at radius 3 is 2.72 bits per heavy atom. The van der Waals surface area contributed by atoms with Crippen molar-refractivity contribution in [2.75, 3.05) is 19.0 Å². The summed E-state index contributed by atoms with van der Waals surface area (Å²) < 4.78 is 16.9. The fourth-order valence-electron chi connectivity index (χ4n) is 1.38. The summed E-state index contributed by atoms with van der Waals surface area (Å²) in [6, 6.07) is 7.19. The maximum absolute atomic E-state index is 11.8. The van der Waals surface area contributed by atoms with Crippen LogP contribution in [-0.4, -0.2) is 34.4 Å². The Morgan fingerprint density at radius 2 is 2.11 bits per heavy atom. The normalized spacial score (nSPS) is 14.1. The van der Waals surface area contributed by atoms with Gasteiger partial charge >= 0.3 is 0 Å². The molecule has 0 saturated heterocycles. The molecule has 0 amide bonds. The summed E-state index contributed by atoms with van der Waals surface area (Å²) in [7, 11) is -1.11. The molecular weight excluding hydrogens is 272 g/mol. The topological polar surface area (TPSA) is 46.5 Å². The predicted octanol–water partition coefficient (Wildman–Crippen LogP) is 2.15. The first-order valence-electron chi connectivity index (χ1n) is 5.58. The van der Waals surface area contributed by atoms with E-state index in [4.69, 9.17) is 16.3 Å². The molecule has 1 aromatic carbocycles. The third-order valence-corrected chi connectivity index (χ3v) is 3.83. The van der Waals surface area contributed by atoms with Crippen molar-refractivity contribution >= 4 is 22.4 Å². The van der Waals surface area contributed by atoms with Crippen LogP contribution in [0.1, 0.15) is 5.56 Å². The van der Waals surface area contributed by atoms with Gasteiger partial charge in [0.05, 0.1) is 25.1 Å². The van der Waals surface area contributed by atoms with Gasteiger partial charge in [0.25, 0.3) is 0 Å². The van der Waals surface area contributed by atoms with E-state index < -0.39 is 16.9 Å². The van der Waals surface area contributed by atoms with Crippen molar-refractivity contribution in [3.05, 3.63) is 47.5 Å². The van der Waals surface area contributed by atoms with Crippen molar-refractivity contribution in [3.63, 3.8) is 0 Å². The van der Waals surface area contributed by atoms with E-state index >= 15 is 0 Å². The van der Waals surface area contributed by atoms with Crippen LogP contribution in [0.4, 0.5) is 0 Å². The van der Waals surface area contributed by atoms with E-state index in [1.807, 2.05) is 12.1 Å². The highest BCUT2D eigenvalue weighted by Gasteiger charge is 2.10. The summed E-state index contributed by atoms with van der Waals surface area (Å²) in [5.74, 6) is 0.620. The van der Waals surface area contributed by atoms with Gasteiger partial charge in [-0.05, 0) is 17.7 Å². The number of ether oxygens (including phenoxy) is 1. The molecule has 5 heteroatoms. The lowest BCUT2D eigenvalue weighted by atomic mass is 10.2. The van der Waals surface area contributed by atoms with Gasteiger partial charge in [-0.15, -0.1) is 6.58 Å². The molecule has 0 heterocycles. The molecule has 1 N–H and O–H groups in total. The average Bonchev–Trinajstić information content (AvgIpc) is 2.32. The fraction of sp³-hybridized carbons (Fsp3) is 0.385. The maximum Gasteiger partial charge on any atom is 0.0888 e. The number of aliphatic hydroxyl groups is 1. The molecule has 2 atom stereocenters. The largest absolute Gasteiger partial charge is 0.390 e. The Labute approximate surface area is 115 Å². The van der Waals surface area contributed by atoms with Crippen molar-refractivity contribution in [2.45, 2.75) is 11.9 Å². The number of hydrogen-bond donors (Lipinski definition) is 1. The van der Waals surface area contributed by atoms with Gasteiger partial charge in [0, 0.05) is 21.6 Å². The van der Waals surface area contributed by atoms with Crippen molar-refractivity contribution in [1.29, 1.82) is 0 Å². The van der Waals surface area contributed by atoms with E-state index in [-0.39, 0.29) is 12.4 Å². The predicted molar refractivity (Wildman–Crippen MR) is 75.2 cm³/mol. The van der Waals surface area contributed by atoms with Gasteiger partial charge in [0.1, 0.15) is 0 Å². The molecule has 0 radical (unpaired) electrons. The molecule has 0 aliphatic rings. The van der Waals surface area contributed by atoms with E-state index in [1.54, 1.807) is 18.2 Å². The molecule has 18 heavy (non-hydrogen) atoms. The smallest absolute Gasteiger partial charge is 0.0888 e. The Kier molecular flexibility index (Phi) is 7.20. The van der Waals surface area contributed by atoms with Crippen molar-refractivity contribution in [3.8, 4) is 0 Å². The summed E-state index contributed by atoms with van der Waals surface area (Å²) in [4.78, 5) is 0. The van der Waals surface area contributed by atoms with Crippen LogP contribution in [0.25, 0.3) is 0 Å². The number of hydrogen-bond acceptors (Lipinski definition) is 3. The number of halogens is 1. The molecule has 0 bridgehead atoms. The van der Waals surface area contributed by atoms with Crippen LogP contribution in [0.2, 0.25) is 5.02 Å². The van der Waals surface area contributed by atoms with Gasteiger partial charge in [-0.2, -0.15) is 0 Å². The van der Waals surface area contributed by atoms with Crippen LogP contribution in [0, 0.1) is 0 Å². The van der Waals surface area contributed by atoms with Crippen LogP contribution in [0.15, 0.2) is 36.9 Å². The van der Waals surface area contributed by atoms with Gasteiger partial charge in [-0.1, -0.05) is 29.8 Å². The maximum atomic E-state index is 11.8. The zero-order valence-electron chi connectivity index (χ0n) is 10.0. The second-order valence-electron chi connectivity index (χ2n) is 3.86. The first-order chi connectivity index (χ1) is 8.61. The molecule has 0 unspecified atom stereocenters. The highest BCUT2D eigenvalue weighted by atomic mass is 35.5. The summed E-state index contributed by atoms with van der Waals surface area (Å²) in [6.45, 7) is 4.07. The SMILES string of the molecule is C=CCOC[C@H](O)C[S@](=O)Cc1ccc(Cl)cc1. The first kappa shape index (κ1) is 15.4. The van der Waals surface area contributed by atoms with E-state index in [0.717, 1.165) is 5.56 Å². The van der Waals surface area contributed by atoms with E-state index in [2.05, 4.69) is 6.58 Å². The van der Waals surface area contributed by atoms with Gasteiger partial charge in [0.2, 0.25) is 0 Å². The molecule has 1 rings (SSSR count). The van der Waals surface area contributed by atoms with E-state index in [0.29, 0.717) is 17.4 Å². The second-order valence-corrected chi connectivity index (χ2v) is 5.80. The minimum Gasteiger partial charge on any atom is -0.390 e. The zero-order valence-corrected chi connectivity index (χ0v) is 11.6. The molecule has 3 nitrogen and oxygen atoms in total. The molecule has 0 fully saturated rings. The van der Waals surface area contributed by atoms with Crippen molar-refractivity contribution in [2.24, 2.45) is 0 Å². The van der Waals surface area contributed by atoms with Crippen molar-refractivity contribution in [1.82, 2.24) is 0 Å². The zero-order chi connectivity index (χ0) is 13.4. The fourth-order valence-corrected chi connectivity index (χ4v) is 2.71. The standard InChI is InChI=1S/C13H17ClO3S/c1-2-7-17-8-13(15)10-18(16)9-11-3-5-12(14)6-4-11/h2-6,13,15H,1,7-10H2/t13-,18+/m0/s1. The minimum absolute atomic E-state index is 0.179. The van der Waals surface area contributed by atoms with E-state index in [9.17, 15) is 9.32 Å². The van der Waals surface area contributed by atoms with Crippen LogP contribution in [0.3, 0.4) is 0 Å². The lowest BCUT2D eigenvalue weighted by molar-refractivity contribution is 0.0620. The van der Waals surface area contributed by atoms with Crippen LogP contribution in [-0.2, 0) is 21.3 Å². The quantitative estimate of drug-likeness (QED) is 0.589. The summed E-state index contributed by atoms with van der Waals surface area (Å²) in [5.41, 5.74) is 0.942. The number of aliphatic hydroxyl groups excluding tert-OH is 1. The summed E-state index contributed by atoms with van der Waals surface area (Å²) >= 11 is 5.76. The van der Waals surface area contributed by atoms with E-state index in [1.165, 1.54) is 0 Å². The van der Waals surface area contributed by atoms with Gasteiger partial charge in [-0.3, -0.25) is 4.21 Å². The third-order valence-electron chi connectivity index (χ3n) is 2.17. The number of rotatable bonds is 8. The molecule has 0 saturated carbocycles. The Balaban J connectivity index is 2.32. The van der Waals surface area contributed by atoms with Crippen LogP contribution < -0.4 is 0 Å². The molecule has 0 spiro atoms. The molecule has 0 aromatic heterocycles. The molecule has 1 aromatic rings. The molecular formula is C13H17ClO3S. The average molecular weight is 289 g/mol. The monoisotopic (exact) mass is 288 g/mol. The van der Waals surface area contributed by atoms with Crippen LogP contribution in [0.5, 0.6) is 0 Å². The van der Waals surface area contributed by atoms with Crippen LogP contribution >= 0.6 is 11.6 Å². The lowest BCUT2D eigenvalue weighted by Gasteiger charge is -2.10. The summed E-state index contributed by atoms with van der Waals surface area (Å²) in [5, 5.41) is 10.2. The van der Waals surface area contributed by atoms with Crippen molar-refractivity contribution < 1.29 is 14.1 Å². The Hall–Kier alpha value is -0.680. The van der Waals surface area contributed by atoms with Gasteiger partial charge in [-0.25, -0.2) is 0 Å². The summed E-state index contributed by atoms with van der Waals surface area (Å²) in [6.07, 6.45) is 0.898. The third kappa shape index (κ3) is 6.31. The second kappa shape index (κ2) is 8.43. The Bertz CT molecular complexity index is 392. The molecule has 100 valence electrons. The lowest BCUT2D eigenvalue weighted by Crippen LogP contribution is -2.23. The molecule has 0 aliphatic heterocycles.